The summed E-state index contributed by atoms with van der Waals surface area (Å²) < 4.78 is 5.25. The quantitative estimate of drug-likeness (QED) is 0.785. The van der Waals surface area contributed by atoms with E-state index in [1.165, 1.54) is 5.56 Å². The van der Waals surface area contributed by atoms with Crippen molar-refractivity contribution in [2.24, 2.45) is 0 Å². The third kappa shape index (κ3) is 3.40. The number of aryl methyl sites for hydroxylation is 1. The van der Waals surface area contributed by atoms with Crippen LogP contribution >= 0.6 is 11.6 Å². The van der Waals surface area contributed by atoms with Crippen LogP contribution in [0.2, 0.25) is 0 Å². The highest BCUT2D eigenvalue weighted by atomic mass is 35.5. The van der Waals surface area contributed by atoms with Gasteiger partial charge < -0.3 is 9.84 Å². The van der Waals surface area contributed by atoms with Crippen LogP contribution < -0.4 is 4.74 Å². The van der Waals surface area contributed by atoms with Gasteiger partial charge in [-0.15, -0.1) is 11.6 Å². The first-order chi connectivity index (χ1) is 7.19. The van der Waals surface area contributed by atoms with E-state index < -0.39 is 0 Å². The first-order valence-corrected chi connectivity index (χ1v) is 5.52. The molecule has 3 heteroatoms. The molecule has 1 atom stereocenters. The molecular weight excluding hydrogens is 212 g/mol. The second-order valence-electron chi connectivity index (χ2n) is 3.58. The number of alkyl halides is 1. The molecule has 1 aromatic rings. The summed E-state index contributed by atoms with van der Waals surface area (Å²) in [6.45, 7) is 2.20. The molecule has 0 bridgehead atoms. The minimum Gasteiger partial charge on any atom is -0.496 e. The standard InChI is InChI=1S/C12H17ClO2/c1-9-5-6-12(15-2)10(8-9)11(13)4-3-7-14/h5-6,8,11,14H,3-4,7H2,1-2H3. The first kappa shape index (κ1) is 12.3. The monoisotopic (exact) mass is 228 g/mol. The second-order valence-corrected chi connectivity index (χ2v) is 4.11. The Bertz CT molecular complexity index is 312. The Kier molecular flexibility index (Phi) is 4.92. The van der Waals surface area contributed by atoms with Crippen LogP contribution in [-0.4, -0.2) is 18.8 Å². The number of rotatable bonds is 5. The maximum Gasteiger partial charge on any atom is 0.123 e. The van der Waals surface area contributed by atoms with Crippen molar-refractivity contribution >= 4 is 11.6 Å². The molecule has 2 nitrogen and oxygen atoms in total. The lowest BCUT2D eigenvalue weighted by atomic mass is 10.0. The number of halogens is 1. The summed E-state index contributed by atoms with van der Waals surface area (Å²) in [5.41, 5.74) is 2.17. The lowest BCUT2D eigenvalue weighted by Gasteiger charge is -2.14. The number of hydrogen-bond acceptors (Lipinski definition) is 2. The highest BCUT2D eigenvalue weighted by molar-refractivity contribution is 6.21. The molecule has 0 spiro atoms. The second kappa shape index (κ2) is 5.99. The smallest absolute Gasteiger partial charge is 0.123 e. The average Bonchev–Trinajstić information content (AvgIpc) is 2.25. The molecular formula is C12H17ClO2. The lowest BCUT2D eigenvalue weighted by Crippen LogP contribution is -1.97. The molecule has 0 fully saturated rings. The summed E-state index contributed by atoms with van der Waals surface area (Å²) in [4.78, 5) is 0. The van der Waals surface area contributed by atoms with Crippen LogP contribution in [0.1, 0.15) is 29.3 Å². The van der Waals surface area contributed by atoms with Gasteiger partial charge in [-0.25, -0.2) is 0 Å². The summed E-state index contributed by atoms with van der Waals surface area (Å²) in [6, 6.07) is 5.96. The first-order valence-electron chi connectivity index (χ1n) is 5.08. The van der Waals surface area contributed by atoms with Gasteiger partial charge in [-0.1, -0.05) is 17.7 Å². The minimum atomic E-state index is -0.0907. The van der Waals surface area contributed by atoms with Gasteiger partial charge in [0.25, 0.3) is 0 Å². The van der Waals surface area contributed by atoms with Crippen LogP contribution in [0.5, 0.6) is 5.75 Å². The molecule has 1 rings (SSSR count). The zero-order chi connectivity index (χ0) is 11.3. The molecule has 0 aliphatic heterocycles. The lowest BCUT2D eigenvalue weighted by molar-refractivity contribution is 0.283. The average molecular weight is 229 g/mol. The number of aliphatic hydroxyl groups is 1. The highest BCUT2D eigenvalue weighted by Crippen LogP contribution is 2.33. The van der Waals surface area contributed by atoms with Crippen LogP contribution in [0, 0.1) is 6.92 Å². The maximum absolute atomic E-state index is 8.75. The zero-order valence-corrected chi connectivity index (χ0v) is 9.92. The van der Waals surface area contributed by atoms with Gasteiger partial charge >= 0.3 is 0 Å². The van der Waals surface area contributed by atoms with Crippen molar-refractivity contribution in [3.63, 3.8) is 0 Å². The van der Waals surface area contributed by atoms with E-state index in [9.17, 15) is 0 Å². The fraction of sp³-hybridized carbons (Fsp3) is 0.500. The minimum absolute atomic E-state index is 0.0907. The number of methoxy groups -OCH3 is 1. The Hall–Kier alpha value is -0.730. The third-order valence-corrected chi connectivity index (χ3v) is 2.79. The molecule has 0 saturated carbocycles. The van der Waals surface area contributed by atoms with Crippen LogP contribution in [-0.2, 0) is 0 Å². The van der Waals surface area contributed by atoms with Gasteiger partial charge in [0, 0.05) is 12.2 Å². The van der Waals surface area contributed by atoms with Crippen molar-refractivity contribution in [1.82, 2.24) is 0 Å². The SMILES string of the molecule is COc1ccc(C)cc1C(Cl)CCCO. The van der Waals surface area contributed by atoms with Crippen LogP contribution in [0.15, 0.2) is 18.2 Å². The molecule has 0 saturated heterocycles. The van der Waals surface area contributed by atoms with Gasteiger partial charge in [0.2, 0.25) is 0 Å². The summed E-state index contributed by atoms with van der Waals surface area (Å²) in [5, 5.41) is 8.66. The topological polar surface area (TPSA) is 29.5 Å². The molecule has 0 amide bonds. The normalized spacial score (nSPS) is 12.5. The van der Waals surface area contributed by atoms with Gasteiger partial charge in [-0.2, -0.15) is 0 Å². The third-order valence-electron chi connectivity index (χ3n) is 2.34. The molecule has 0 aliphatic rings. The Morgan fingerprint density at radius 3 is 2.80 bits per heavy atom. The predicted octanol–water partition coefficient (Wildman–Crippen LogP) is 3.06. The Morgan fingerprint density at radius 2 is 2.20 bits per heavy atom. The highest BCUT2D eigenvalue weighted by Gasteiger charge is 2.13. The molecule has 84 valence electrons. The number of aliphatic hydroxyl groups excluding tert-OH is 1. The molecule has 0 radical (unpaired) electrons. The van der Waals surface area contributed by atoms with Crippen molar-refractivity contribution in [3.8, 4) is 5.75 Å². The van der Waals surface area contributed by atoms with E-state index in [4.69, 9.17) is 21.4 Å². The van der Waals surface area contributed by atoms with E-state index in [0.29, 0.717) is 6.42 Å². The van der Waals surface area contributed by atoms with E-state index in [2.05, 4.69) is 0 Å². The maximum atomic E-state index is 8.75. The van der Waals surface area contributed by atoms with Crippen molar-refractivity contribution in [1.29, 1.82) is 0 Å². The molecule has 0 heterocycles. The fourth-order valence-electron chi connectivity index (χ4n) is 1.52. The zero-order valence-electron chi connectivity index (χ0n) is 9.16. The Labute approximate surface area is 95.8 Å². The van der Waals surface area contributed by atoms with E-state index >= 15 is 0 Å². The Balaban J connectivity index is 2.85. The molecule has 15 heavy (non-hydrogen) atoms. The Morgan fingerprint density at radius 1 is 1.47 bits per heavy atom. The predicted molar refractivity (Wildman–Crippen MR) is 62.6 cm³/mol. The fourth-order valence-corrected chi connectivity index (χ4v) is 1.85. The number of hydrogen-bond donors (Lipinski definition) is 1. The van der Waals surface area contributed by atoms with Crippen molar-refractivity contribution in [2.45, 2.75) is 25.1 Å². The van der Waals surface area contributed by atoms with Crippen LogP contribution in [0.4, 0.5) is 0 Å². The van der Waals surface area contributed by atoms with Crippen molar-refractivity contribution in [3.05, 3.63) is 29.3 Å². The van der Waals surface area contributed by atoms with E-state index in [-0.39, 0.29) is 12.0 Å². The van der Waals surface area contributed by atoms with Crippen molar-refractivity contribution in [2.75, 3.05) is 13.7 Å². The van der Waals surface area contributed by atoms with E-state index in [1.54, 1.807) is 7.11 Å². The summed E-state index contributed by atoms with van der Waals surface area (Å²) in [7, 11) is 1.64. The molecule has 1 unspecified atom stereocenters. The number of benzene rings is 1. The summed E-state index contributed by atoms with van der Waals surface area (Å²) in [6.07, 6.45) is 1.48. The van der Waals surface area contributed by atoms with E-state index in [1.807, 2.05) is 25.1 Å². The molecule has 0 aliphatic carbocycles. The van der Waals surface area contributed by atoms with Crippen LogP contribution in [0.25, 0.3) is 0 Å². The largest absolute Gasteiger partial charge is 0.496 e. The molecule has 0 aromatic heterocycles. The van der Waals surface area contributed by atoms with Gasteiger partial charge in [0.15, 0.2) is 0 Å². The van der Waals surface area contributed by atoms with Gasteiger partial charge in [0.1, 0.15) is 5.75 Å². The molecule has 1 aromatic carbocycles. The van der Waals surface area contributed by atoms with Crippen molar-refractivity contribution < 1.29 is 9.84 Å². The van der Waals surface area contributed by atoms with E-state index in [0.717, 1.165) is 17.7 Å². The molecule has 1 N–H and O–H groups in total. The number of ether oxygens (including phenoxy) is 1. The van der Waals surface area contributed by atoms with Gasteiger partial charge in [-0.05, 0) is 25.8 Å². The van der Waals surface area contributed by atoms with Gasteiger partial charge in [-0.3, -0.25) is 0 Å². The van der Waals surface area contributed by atoms with Crippen LogP contribution in [0.3, 0.4) is 0 Å². The summed E-state index contributed by atoms with van der Waals surface area (Å²) in [5.74, 6) is 0.818. The van der Waals surface area contributed by atoms with Gasteiger partial charge in [0.05, 0.1) is 12.5 Å². The summed E-state index contributed by atoms with van der Waals surface area (Å²) >= 11 is 6.25.